The molecule has 0 saturated carbocycles. The maximum absolute atomic E-state index is 3.80. The summed E-state index contributed by atoms with van der Waals surface area (Å²) >= 11 is 3.80. The van der Waals surface area contributed by atoms with E-state index in [0.29, 0.717) is 0 Å². The van der Waals surface area contributed by atoms with Gasteiger partial charge in [0.05, 0.1) is 32.9 Å². The first-order chi connectivity index (χ1) is 62.9. The smallest absolute Gasteiger partial charge is 0.0725 e. The Kier molecular flexibility index (Phi) is 15.6. The average molecular weight is 1690 g/mol. The highest BCUT2D eigenvalue weighted by Gasteiger charge is 2.54. The van der Waals surface area contributed by atoms with Crippen molar-refractivity contribution < 1.29 is 0 Å². The molecule has 0 atom stereocenters. The van der Waals surface area contributed by atoms with Gasteiger partial charge in [-0.3, -0.25) is 0 Å². The molecule has 0 unspecified atom stereocenters. The van der Waals surface area contributed by atoms with Gasteiger partial charge in [-0.2, -0.15) is 0 Å². The summed E-state index contributed by atoms with van der Waals surface area (Å²) in [5.74, 6) is 0.191. The van der Waals surface area contributed by atoms with Crippen molar-refractivity contribution in [2.75, 3.05) is 0 Å². The van der Waals surface area contributed by atoms with Crippen LogP contribution < -0.4 is 0 Å². The number of fused-ring (bicyclic) bond motifs is 44. The summed E-state index contributed by atoms with van der Waals surface area (Å²) in [6.45, 7) is 0. The van der Waals surface area contributed by atoms with Crippen molar-refractivity contribution in [1.29, 1.82) is 0 Å². The lowest BCUT2D eigenvalue weighted by Gasteiger charge is -2.31. The van der Waals surface area contributed by atoms with Crippen molar-refractivity contribution in [2.24, 2.45) is 0 Å². The molecule has 3 heterocycles. The van der Waals surface area contributed by atoms with Gasteiger partial charge in [0.15, 0.2) is 0 Å². The molecule has 0 fully saturated rings. The molecule has 0 saturated heterocycles. The molecule has 30 rings (SSSR count). The van der Waals surface area contributed by atoms with E-state index in [1.165, 1.54) is 258 Å². The van der Waals surface area contributed by atoms with Gasteiger partial charge < -0.3 is 14.1 Å². The molecule has 25 aromatic rings. The van der Waals surface area contributed by atoms with Gasteiger partial charge >= 0.3 is 0 Å². The van der Waals surface area contributed by atoms with Gasteiger partial charge in [-0.25, -0.2) is 0 Å². The molecule has 3 nitrogen and oxygen atoms in total. The number of para-hydroxylation sites is 4. The van der Waals surface area contributed by atoms with Gasteiger partial charge in [-0.1, -0.05) is 357 Å². The number of aromatic amines is 1. The minimum atomic E-state index is -0.457. The van der Waals surface area contributed by atoms with E-state index in [1.54, 1.807) is 0 Å². The zero-order valence-electron chi connectivity index (χ0n) is 68.9. The van der Waals surface area contributed by atoms with Gasteiger partial charge in [0.2, 0.25) is 0 Å². The first kappa shape index (κ1) is 72.7. The van der Waals surface area contributed by atoms with Gasteiger partial charge in [-0.15, -0.1) is 0 Å². The molecule has 0 aliphatic heterocycles. The van der Waals surface area contributed by atoms with E-state index in [0.717, 1.165) is 4.47 Å². The second-order valence-electron chi connectivity index (χ2n) is 35.2. The summed E-state index contributed by atoms with van der Waals surface area (Å²) < 4.78 is 5.99. The van der Waals surface area contributed by atoms with Gasteiger partial charge in [-0.05, 0) is 285 Å². The Labute approximate surface area is 748 Å². The minimum absolute atomic E-state index is 0. The lowest BCUT2D eigenvalue weighted by molar-refractivity contribution is 0.795. The monoisotopic (exact) mass is 1690 g/mol. The molecule has 0 amide bonds. The normalized spacial score (nSPS) is 13.5. The Morgan fingerprint density at radius 1 is 0.195 bits per heavy atom. The summed E-state index contributed by atoms with van der Waals surface area (Å²) in [5, 5.41) is 23.4. The lowest BCUT2D eigenvalue weighted by atomic mass is 9.70. The molecule has 3 aromatic heterocycles. The molecule has 4 heteroatoms. The van der Waals surface area contributed by atoms with Crippen molar-refractivity contribution in [3.63, 3.8) is 0 Å². The molecule has 0 radical (unpaired) electrons. The van der Waals surface area contributed by atoms with E-state index >= 15 is 0 Å². The zero-order chi connectivity index (χ0) is 83.1. The number of aromatic nitrogens is 3. The topological polar surface area (TPSA) is 25.6 Å². The summed E-state index contributed by atoms with van der Waals surface area (Å²) in [5.41, 5.74) is 37.2. The molecule has 1 N–H and O–H groups in total. The molecule has 22 aromatic carbocycles. The van der Waals surface area contributed by atoms with E-state index in [-0.39, 0.29) is 18.8 Å². The van der Waals surface area contributed by atoms with Gasteiger partial charge in [0.1, 0.15) is 0 Å². The van der Waals surface area contributed by atoms with Crippen LogP contribution in [0, 0.1) is 0 Å². The third-order valence-corrected chi connectivity index (χ3v) is 29.8. The number of benzene rings is 22. The summed E-state index contributed by atoms with van der Waals surface area (Å²) in [6, 6.07) is 163. The summed E-state index contributed by atoms with van der Waals surface area (Å²) in [7, 11) is 0. The maximum atomic E-state index is 3.80. The largest absolute Gasteiger partial charge is 0.355 e. The van der Waals surface area contributed by atoms with Crippen LogP contribution in [0.2, 0.25) is 0 Å². The van der Waals surface area contributed by atoms with Crippen LogP contribution in [0.4, 0.5) is 0 Å². The summed E-state index contributed by atoms with van der Waals surface area (Å²) in [6.07, 6.45) is 0. The van der Waals surface area contributed by atoms with E-state index in [2.05, 4.69) is 467 Å². The van der Waals surface area contributed by atoms with Crippen LogP contribution >= 0.6 is 15.9 Å². The number of halogens is 1. The van der Waals surface area contributed by atoms with Crippen LogP contribution in [-0.2, 0) is 10.8 Å². The average Bonchev–Trinajstić information content (AvgIpc) is 1.52. The number of hydrogen-bond acceptors (Lipinski definition) is 0. The molecule has 596 valence electrons. The van der Waals surface area contributed by atoms with Crippen LogP contribution in [0.3, 0.4) is 0 Å². The number of nitrogens with zero attached hydrogens (tertiary/aromatic N) is 2. The first-order valence-electron chi connectivity index (χ1n) is 44.2. The minimum Gasteiger partial charge on any atom is -0.355 e. The van der Waals surface area contributed by atoms with Crippen molar-refractivity contribution in [1.82, 2.24) is 14.1 Å². The fourth-order valence-electron chi connectivity index (χ4n) is 24.3. The molecule has 128 heavy (non-hydrogen) atoms. The fourth-order valence-corrected chi connectivity index (χ4v) is 24.7. The Hall–Kier alpha value is -15.7. The molecule has 2 spiro atoms. The van der Waals surface area contributed by atoms with Gasteiger partial charge in [0, 0.05) is 65.1 Å². The number of hydrogen-bond donors (Lipinski definition) is 1. The Morgan fingerprint density at radius 2 is 0.508 bits per heavy atom. The highest BCUT2D eigenvalue weighted by Crippen LogP contribution is 2.67. The maximum Gasteiger partial charge on any atom is 0.0725 e. The quantitative estimate of drug-likeness (QED) is 0.171. The van der Waals surface area contributed by atoms with E-state index in [9.17, 15) is 0 Å². The van der Waals surface area contributed by atoms with Crippen molar-refractivity contribution >= 4 is 146 Å². The van der Waals surface area contributed by atoms with Crippen molar-refractivity contribution in [3.8, 4) is 67.0 Å². The predicted molar refractivity (Wildman–Crippen MR) is 542 cm³/mol. The fraction of sp³-hybridized carbons (Fsp3) is 0.0323. The molecule has 5 aliphatic rings. The molecule has 5 aliphatic carbocycles. The third kappa shape index (κ3) is 9.82. The van der Waals surface area contributed by atoms with Crippen LogP contribution in [0.25, 0.3) is 197 Å². The summed E-state index contributed by atoms with van der Waals surface area (Å²) in [4.78, 5) is 3.52. The zero-order valence-corrected chi connectivity index (χ0v) is 70.5. The highest BCUT2D eigenvalue weighted by atomic mass is 79.9. The number of H-pyrrole nitrogens is 1. The first-order valence-corrected chi connectivity index (χ1v) is 45.0. The van der Waals surface area contributed by atoms with Crippen molar-refractivity contribution in [3.05, 3.63) is 502 Å². The number of nitrogens with one attached hydrogen (secondary N) is 1. The van der Waals surface area contributed by atoms with E-state index in [4.69, 9.17) is 0 Å². The van der Waals surface area contributed by atoms with Crippen molar-refractivity contribution in [2.45, 2.75) is 24.2 Å². The predicted octanol–water partition coefficient (Wildman–Crippen LogP) is 33.1. The SMILES string of the molecule is Brc1ccc2c(c1)-c1cc3c4ccccc4c4ccccc4c3cc1C21c2ccccc2-c2ccccc21.C.c1ccc2c(c1)-c1ccccc1C2c1ccc2c(c1)c1ccccc1n2-c1ccc2c(c1)-c1cc3c4ccccc4c4ccccc4c3cc1C21c2ccccc2-c2ccccc21.c1ccc2c(c1)[nH]c1ccc(-n3c4ccccc4c4ccccc43)cc12. The highest BCUT2D eigenvalue weighted by molar-refractivity contribution is 9.10. The van der Waals surface area contributed by atoms with Crippen LogP contribution in [0.15, 0.2) is 441 Å². The van der Waals surface area contributed by atoms with Crippen LogP contribution in [-0.4, -0.2) is 14.1 Å². The Bertz CT molecular complexity index is 8970. The molecular weight excluding hydrogens is 1610 g/mol. The lowest BCUT2D eigenvalue weighted by Crippen LogP contribution is -2.25. The second-order valence-corrected chi connectivity index (χ2v) is 36.1. The van der Waals surface area contributed by atoms with Gasteiger partial charge in [0.25, 0.3) is 0 Å². The third-order valence-electron chi connectivity index (χ3n) is 29.3. The van der Waals surface area contributed by atoms with Crippen LogP contribution in [0.1, 0.15) is 74.5 Å². The van der Waals surface area contributed by atoms with Crippen LogP contribution in [0.5, 0.6) is 0 Å². The second kappa shape index (κ2) is 27.4. The molecule has 0 bridgehead atoms. The molecular formula is C124H78BrN3. The van der Waals surface area contributed by atoms with E-state index in [1.807, 2.05) is 0 Å². The standard InChI is InChI=1S/C62H37N.C37H21Br.C24H16N2.CH4/c1-3-19-43-39(15-1)40-16-2-4-20-44(40)51-36-58-53(35-50(43)51)52-34-38(30-31-57(52)62(58)55-26-12-9-21-45(55)46-22-10-13-27-56(46)62)63-59-28-14-11-23-47(59)54-33-37(29-32-60(54)63)61-48-24-7-5-17-41(48)42-18-6-8-25-49(42)61;38-22-17-18-35-31(19-22)32-20-29-25-11-3-1-9-23(25)24-10-2-4-12-26(24)30(29)21-36(32)37(35)33-15-7-5-13-27(33)28-14-6-8-16-34(28)37;1-4-10-21-17(7-1)20-15-16(13-14-22(20)25-21)26-23-11-5-2-8-18(23)19-9-3-6-12-24(19)26;/h1-36,61H;1-21H;1-15,25H;1H4. The number of rotatable bonds is 3. The Balaban J connectivity index is 0.000000110. The van der Waals surface area contributed by atoms with E-state index < -0.39 is 5.41 Å². The Morgan fingerprint density at radius 3 is 0.969 bits per heavy atom.